The molecule has 0 aliphatic carbocycles. The zero-order chi connectivity index (χ0) is 10.8. The zero-order valence-corrected chi connectivity index (χ0v) is 8.64. The predicted octanol–water partition coefficient (Wildman–Crippen LogP) is 1.60. The van der Waals surface area contributed by atoms with E-state index in [9.17, 15) is 4.79 Å². The molecule has 0 saturated carbocycles. The van der Waals surface area contributed by atoms with E-state index in [0.29, 0.717) is 5.56 Å². The van der Waals surface area contributed by atoms with Crippen molar-refractivity contribution in [2.75, 3.05) is 0 Å². The lowest BCUT2D eigenvalue weighted by Gasteiger charge is -2.02. The molecule has 1 aromatic heterocycles. The Morgan fingerprint density at radius 1 is 1.40 bits per heavy atom. The number of aldehydes is 1. The minimum Gasteiger partial charge on any atom is -0.298 e. The fourth-order valence-electron chi connectivity index (χ4n) is 1.46. The molecule has 0 atom stereocenters. The third-order valence-electron chi connectivity index (χ3n) is 2.27. The van der Waals surface area contributed by atoms with Crippen LogP contribution in [-0.4, -0.2) is 21.3 Å². The van der Waals surface area contributed by atoms with Crippen molar-refractivity contribution < 1.29 is 4.79 Å². The standard InChI is InChI=1S/C11H11N3O/c1-8-3-4-9(7-15)5-10(8)11-6-12-14(2)13-11/h3-7H,1-2H3. The van der Waals surface area contributed by atoms with Crippen LogP contribution in [0.15, 0.2) is 24.4 Å². The molecule has 0 radical (unpaired) electrons. The van der Waals surface area contributed by atoms with Gasteiger partial charge in [0.25, 0.3) is 0 Å². The minimum absolute atomic E-state index is 0.654. The van der Waals surface area contributed by atoms with Crippen LogP contribution < -0.4 is 0 Å². The van der Waals surface area contributed by atoms with Gasteiger partial charge in [-0.2, -0.15) is 15.0 Å². The summed E-state index contributed by atoms with van der Waals surface area (Å²) in [7, 11) is 1.77. The van der Waals surface area contributed by atoms with Crippen LogP contribution in [0.2, 0.25) is 0 Å². The summed E-state index contributed by atoms with van der Waals surface area (Å²) in [6.07, 6.45) is 2.52. The smallest absolute Gasteiger partial charge is 0.150 e. The highest BCUT2D eigenvalue weighted by atomic mass is 16.1. The zero-order valence-electron chi connectivity index (χ0n) is 8.64. The van der Waals surface area contributed by atoms with Crippen LogP contribution in [0.1, 0.15) is 15.9 Å². The first-order valence-corrected chi connectivity index (χ1v) is 4.63. The molecule has 4 nitrogen and oxygen atoms in total. The second-order valence-electron chi connectivity index (χ2n) is 3.41. The van der Waals surface area contributed by atoms with E-state index in [1.807, 2.05) is 19.1 Å². The Balaban J connectivity index is 2.55. The number of benzene rings is 1. The summed E-state index contributed by atoms with van der Waals surface area (Å²) >= 11 is 0. The summed E-state index contributed by atoms with van der Waals surface area (Å²) in [5, 5.41) is 8.21. The highest BCUT2D eigenvalue weighted by Crippen LogP contribution is 2.21. The van der Waals surface area contributed by atoms with Crippen molar-refractivity contribution in [2.45, 2.75) is 6.92 Å². The minimum atomic E-state index is 0.654. The second kappa shape index (κ2) is 3.65. The molecular weight excluding hydrogens is 190 g/mol. The summed E-state index contributed by atoms with van der Waals surface area (Å²) < 4.78 is 0. The van der Waals surface area contributed by atoms with E-state index in [0.717, 1.165) is 23.1 Å². The molecule has 0 amide bonds. The van der Waals surface area contributed by atoms with Gasteiger partial charge in [-0.25, -0.2) is 0 Å². The average Bonchev–Trinajstić information content (AvgIpc) is 2.65. The average molecular weight is 201 g/mol. The Bertz CT molecular complexity index is 502. The van der Waals surface area contributed by atoms with Gasteiger partial charge in [0.2, 0.25) is 0 Å². The molecular formula is C11H11N3O. The number of aromatic nitrogens is 3. The number of hydrogen-bond acceptors (Lipinski definition) is 3. The van der Waals surface area contributed by atoms with E-state index in [2.05, 4.69) is 10.2 Å². The quantitative estimate of drug-likeness (QED) is 0.693. The number of carbonyl (C=O) groups is 1. The van der Waals surface area contributed by atoms with Crippen LogP contribution in [0.3, 0.4) is 0 Å². The lowest BCUT2D eigenvalue weighted by atomic mass is 10.0. The van der Waals surface area contributed by atoms with E-state index < -0.39 is 0 Å². The molecule has 0 unspecified atom stereocenters. The number of carbonyl (C=O) groups excluding carboxylic acids is 1. The molecule has 0 N–H and O–H groups in total. The lowest BCUT2D eigenvalue weighted by molar-refractivity contribution is 0.112. The maximum atomic E-state index is 10.7. The maximum Gasteiger partial charge on any atom is 0.150 e. The first-order valence-electron chi connectivity index (χ1n) is 4.63. The Kier molecular flexibility index (Phi) is 2.33. The van der Waals surface area contributed by atoms with Gasteiger partial charge in [-0.15, -0.1) is 0 Å². The summed E-state index contributed by atoms with van der Waals surface area (Å²) in [5.41, 5.74) is 3.48. The normalized spacial score (nSPS) is 10.3. The molecule has 0 bridgehead atoms. The molecule has 0 aliphatic heterocycles. The highest BCUT2D eigenvalue weighted by Gasteiger charge is 2.06. The molecule has 15 heavy (non-hydrogen) atoms. The first kappa shape index (κ1) is 9.58. The molecule has 1 aromatic carbocycles. The number of nitrogens with zero attached hydrogens (tertiary/aromatic N) is 3. The monoisotopic (exact) mass is 201 g/mol. The Labute approximate surface area is 87.5 Å². The van der Waals surface area contributed by atoms with Crippen LogP contribution in [0, 0.1) is 6.92 Å². The number of rotatable bonds is 2. The highest BCUT2D eigenvalue weighted by molar-refractivity contribution is 5.79. The number of aryl methyl sites for hydroxylation is 2. The Hall–Kier alpha value is -1.97. The molecule has 4 heteroatoms. The summed E-state index contributed by atoms with van der Waals surface area (Å²) in [6, 6.07) is 5.53. The fraction of sp³-hybridized carbons (Fsp3) is 0.182. The van der Waals surface area contributed by atoms with Crippen LogP contribution >= 0.6 is 0 Å². The van der Waals surface area contributed by atoms with Gasteiger partial charge in [0.1, 0.15) is 12.0 Å². The molecule has 0 fully saturated rings. The fourth-order valence-corrected chi connectivity index (χ4v) is 1.46. The third kappa shape index (κ3) is 1.79. The maximum absolute atomic E-state index is 10.7. The van der Waals surface area contributed by atoms with Crippen LogP contribution in [0.25, 0.3) is 11.3 Å². The van der Waals surface area contributed by atoms with Crippen molar-refractivity contribution in [2.24, 2.45) is 7.05 Å². The third-order valence-corrected chi connectivity index (χ3v) is 2.27. The summed E-state index contributed by atoms with van der Waals surface area (Å²) in [6.45, 7) is 1.98. The second-order valence-corrected chi connectivity index (χ2v) is 3.41. The molecule has 0 spiro atoms. The van der Waals surface area contributed by atoms with Gasteiger partial charge in [0.05, 0.1) is 6.20 Å². The van der Waals surface area contributed by atoms with Gasteiger partial charge in [-0.1, -0.05) is 12.1 Å². The van der Waals surface area contributed by atoms with Gasteiger partial charge in [-0.3, -0.25) is 4.79 Å². The summed E-state index contributed by atoms with van der Waals surface area (Å²) in [4.78, 5) is 12.2. The molecule has 0 aliphatic rings. The Morgan fingerprint density at radius 3 is 2.80 bits per heavy atom. The van der Waals surface area contributed by atoms with E-state index in [-0.39, 0.29) is 0 Å². The van der Waals surface area contributed by atoms with Gasteiger partial charge >= 0.3 is 0 Å². The van der Waals surface area contributed by atoms with Crippen molar-refractivity contribution in [3.8, 4) is 11.3 Å². The van der Waals surface area contributed by atoms with Crippen molar-refractivity contribution in [3.05, 3.63) is 35.5 Å². The molecule has 76 valence electrons. The van der Waals surface area contributed by atoms with Crippen LogP contribution in [-0.2, 0) is 7.05 Å². The largest absolute Gasteiger partial charge is 0.298 e. The van der Waals surface area contributed by atoms with E-state index in [1.165, 1.54) is 4.80 Å². The van der Waals surface area contributed by atoms with Gasteiger partial charge in [0, 0.05) is 18.2 Å². The van der Waals surface area contributed by atoms with Crippen molar-refractivity contribution >= 4 is 6.29 Å². The lowest BCUT2D eigenvalue weighted by Crippen LogP contribution is -1.93. The van der Waals surface area contributed by atoms with E-state index in [1.54, 1.807) is 19.3 Å². The topological polar surface area (TPSA) is 47.8 Å². The molecule has 2 rings (SSSR count). The van der Waals surface area contributed by atoms with E-state index in [4.69, 9.17) is 0 Å². The molecule has 2 aromatic rings. The predicted molar refractivity (Wildman–Crippen MR) is 56.6 cm³/mol. The van der Waals surface area contributed by atoms with Gasteiger partial charge in [-0.05, 0) is 18.6 Å². The van der Waals surface area contributed by atoms with Crippen molar-refractivity contribution in [1.29, 1.82) is 0 Å². The van der Waals surface area contributed by atoms with Crippen LogP contribution in [0.4, 0.5) is 0 Å². The first-order chi connectivity index (χ1) is 7.20. The van der Waals surface area contributed by atoms with Crippen LogP contribution in [0.5, 0.6) is 0 Å². The van der Waals surface area contributed by atoms with E-state index >= 15 is 0 Å². The molecule has 0 saturated heterocycles. The summed E-state index contributed by atoms with van der Waals surface area (Å²) in [5.74, 6) is 0. The molecule has 1 heterocycles. The number of hydrogen-bond donors (Lipinski definition) is 0. The van der Waals surface area contributed by atoms with Gasteiger partial charge in [0.15, 0.2) is 0 Å². The SMILES string of the molecule is Cc1ccc(C=O)cc1-c1cnn(C)n1. The van der Waals surface area contributed by atoms with Crippen molar-refractivity contribution in [3.63, 3.8) is 0 Å². The van der Waals surface area contributed by atoms with Gasteiger partial charge < -0.3 is 0 Å². The Morgan fingerprint density at radius 2 is 2.20 bits per heavy atom. The van der Waals surface area contributed by atoms with Crippen molar-refractivity contribution in [1.82, 2.24) is 15.0 Å².